The summed E-state index contributed by atoms with van der Waals surface area (Å²) in [4.78, 5) is 40.2. The number of hydrogen-bond donors (Lipinski definition) is 1. The lowest BCUT2D eigenvalue weighted by molar-refractivity contribution is -0.146. The molecule has 0 aromatic rings. The second-order valence-corrected chi connectivity index (χ2v) is 4.94. The molecule has 0 aromatic heterocycles. The van der Waals surface area contributed by atoms with Gasteiger partial charge in [-0.15, -0.1) is 0 Å². The highest BCUT2D eigenvalue weighted by Crippen LogP contribution is 2.28. The Bertz CT molecular complexity index is 647. The molecule has 1 aliphatic rings. The van der Waals surface area contributed by atoms with Crippen molar-refractivity contribution in [3.8, 4) is 6.07 Å². The maximum absolute atomic E-state index is 12.3. The second-order valence-electron chi connectivity index (χ2n) is 4.94. The zero-order valence-electron chi connectivity index (χ0n) is 14.4. The number of nitriles is 1. The highest BCUT2D eigenvalue weighted by molar-refractivity contribution is 6.14. The van der Waals surface area contributed by atoms with Crippen LogP contribution in [0.15, 0.2) is 16.4 Å². The Kier molecular flexibility index (Phi) is 7.59. The van der Waals surface area contributed by atoms with Gasteiger partial charge in [-0.05, 0) is 20.8 Å². The summed E-state index contributed by atoms with van der Waals surface area (Å²) in [6, 6.07) is 1.77. The summed E-state index contributed by atoms with van der Waals surface area (Å²) < 4.78 is 14.7. The third-order valence-electron chi connectivity index (χ3n) is 3.36. The largest absolute Gasteiger partial charge is 0.465 e. The summed E-state index contributed by atoms with van der Waals surface area (Å²) >= 11 is 0. The molecule has 9 heteroatoms. The van der Waals surface area contributed by atoms with E-state index in [1.807, 2.05) is 0 Å². The van der Waals surface area contributed by atoms with Crippen LogP contribution in [0.2, 0.25) is 0 Å². The monoisotopic (exact) mass is 351 g/mol. The van der Waals surface area contributed by atoms with Gasteiger partial charge in [-0.2, -0.15) is 5.26 Å². The first kappa shape index (κ1) is 20.2. The smallest absolute Gasteiger partial charge is 0.337 e. The van der Waals surface area contributed by atoms with Gasteiger partial charge in [0.1, 0.15) is 11.7 Å². The van der Waals surface area contributed by atoms with Gasteiger partial charge in [-0.1, -0.05) is 0 Å². The van der Waals surface area contributed by atoms with Crippen LogP contribution in [0.4, 0.5) is 0 Å². The van der Waals surface area contributed by atoms with Crippen LogP contribution in [0, 0.1) is 23.2 Å². The molecule has 1 aliphatic heterocycles. The van der Waals surface area contributed by atoms with Gasteiger partial charge in [0.2, 0.25) is 0 Å². The van der Waals surface area contributed by atoms with Gasteiger partial charge in [0, 0.05) is 6.42 Å². The van der Waals surface area contributed by atoms with Crippen molar-refractivity contribution in [2.24, 2.45) is 22.6 Å². The van der Waals surface area contributed by atoms with E-state index in [0.29, 0.717) is 0 Å². The van der Waals surface area contributed by atoms with E-state index < -0.39 is 29.7 Å². The first-order valence-electron chi connectivity index (χ1n) is 7.88. The summed E-state index contributed by atoms with van der Waals surface area (Å²) in [5.41, 5.74) is 5.69. The molecule has 0 bridgehead atoms. The van der Waals surface area contributed by atoms with Gasteiger partial charge in [0.15, 0.2) is 5.92 Å². The highest BCUT2D eigenvalue weighted by atomic mass is 16.5. The van der Waals surface area contributed by atoms with E-state index in [-0.39, 0.29) is 43.3 Å². The van der Waals surface area contributed by atoms with Crippen LogP contribution < -0.4 is 5.73 Å². The number of nitrogens with two attached hydrogens (primary N) is 1. The van der Waals surface area contributed by atoms with Crippen molar-refractivity contribution in [2.45, 2.75) is 27.2 Å². The number of aliphatic imine (C=N–C) groups is 1. The van der Waals surface area contributed by atoms with Gasteiger partial charge in [-0.25, -0.2) is 9.79 Å². The van der Waals surface area contributed by atoms with Crippen LogP contribution in [0.25, 0.3) is 0 Å². The Morgan fingerprint density at radius 3 is 2.32 bits per heavy atom. The minimum Gasteiger partial charge on any atom is -0.465 e. The maximum Gasteiger partial charge on any atom is 0.337 e. The van der Waals surface area contributed by atoms with Gasteiger partial charge in [0.05, 0.1) is 37.2 Å². The van der Waals surface area contributed by atoms with E-state index in [4.69, 9.17) is 19.9 Å². The molecule has 0 saturated carbocycles. The van der Waals surface area contributed by atoms with Crippen LogP contribution in [0.5, 0.6) is 0 Å². The molecule has 0 aliphatic carbocycles. The molecule has 0 unspecified atom stereocenters. The van der Waals surface area contributed by atoms with Crippen molar-refractivity contribution in [3.05, 3.63) is 11.4 Å². The number of carbonyl (C=O) groups excluding carboxylic acids is 3. The lowest BCUT2D eigenvalue weighted by Crippen LogP contribution is -2.39. The molecule has 1 rings (SSSR count). The number of ether oxygens (including phenoxy) is 3. The topological polar surface area (TPSA) is 141 Å². The van der Waals surface area contributed by atoms with Crippen molar-refractivity contribution in [1.82, 2.24) is 0 Å². The highest BCUT2D eigenvalue weighted by Gasteiger charge is 2.41. The number of rotatable bonds is 7. The lowest BCUT2D eigenvalue weighted by atomic mass is 9.85. The molecule has 0 radical (unpaired) electrons. The van der Waals surface area contributed by atoms with Crippen LogP contribution in [-0.4, -0.2) is 43.4 Å². The van der Waals surface area contributed by atoms with E-state index in [1.54, 1.807) is 26.8 Å². The molecular weight excluding hydrogens is 330 g/mol. The molecule has 0 fully saturated rings. The Morgan fingerprint density at radius 2 is 1.80 bits per heavy atom. The van der Waals surface area contributed by atoms with Crippen molar-refractivity contribution in [3.63, 3.8) is 0 Å². The fraction of sp³-hybridized carbons (Fsp3) is 0.562. The zero-order valence-corrected chi connectivity index (χ0v) is 14.4. The van der Waals surface area contributed by atoms with E-state index >= 15 is 0 Å². The molecule has 0 saturated heterocycles. The number of nitrogens with zero attached hydrogens (tertiary/aromatic N) is 2. The molecular formula is C16H21N3O6. The standard InChI is InChI=1S/C16H21N3O6/c1-4-23-14(20)9-7-10(15(21)24-5-2)13(18)19-12(9)11(8-17)16(22)25-6-3/h9,11H,4-7,18H2,1-3H3/t9-,11-/m0/s1. The van der Waals surface area contributed by atoms with Crippen molar-refractivity contribution in [2.75, 3.05) is 19.8 Å². The third kappa shape index (κ3) is 4.79. The minimum atomic E-state index is -1.42. The summed E-state index contributed by atoms with van der Waals surface area (Å²) in [5.74, 6) is -4.97. The van der Waals surface area contributed by atoms with Gasteiger partial charge < -0.3 is 19.9 Å². The van der Waals surface area contributed by atoms with Crippen LogP contribution in [0.3, 0.4) is 0 Å². The quantitative estimate of drug-likeness (QED) is 0.514. The fourth-order valence-electron chi connectivity index (χ4n) is 2.28. The zero-order chi connectivity index (χ0) is 19.0. The summed E-state index contributed by atoms with van der Waals surface area (Å²) in [7, 11) is 0. The predicted molar refractivity (Wildman–Crippen MR) is 85.8 cm³/mol. The Labute approximate surface area is 145 Å². The predicted octanol–water partition coefficient (Wildman–Crippen LogP) is 0.447. The van der Waals surface area contributed by atoms with Crippen LogP contribution in [0.1, 0.15) is 27.2 Å². The normalized spacial score (nSPS) is 17.8. The molecule has 0 aromatic carbocycles. The average Bonchev–Trinajstić information content (AvgIpc) is 2.56. The van der Waals surface area contributed by atoms with Gasteiger partial charge in [0.25, 0.3) is 0 Å². The molecule has 136 valence electrons. The first-order chi connectivity index (χ1) is 11.9. The van der Waals surface area contributed by atoms with E-state index in [1.165, 1.54) is 0 Å². The SMILES string of the molecule is CCOC(=O)C1=C(N)N=C([C@H](C#N)C(=O)OCC)[C@@H](C(=O)OCC)C1. The van der Waals surface area contributed by atoms with Crippen molar-refractivity contribution < 1.29 is 28.6 Å². The molecule has 9 nitrogen and oxygen atoms in total. The second kappa shape index (κ2) is 9.42. The number of hydrogen-bond acceptors (Lipinski definition) is 9. The van der Waals surface area contributed by atoms with Gasteiger partial charge >= 0.3 is 17.9 Å². The maximum atomic E-state index is 12.3. The summed E-state index contributed by atoms with van der Waals surface area (Å²) in [6.45, 7) is 5.11. The Balaban J connectivity index is 3.33. The molecule has 0 spiro atoms. The molecule has 25 heavy (non-hydrogen) atoms. The first-order valence-corrected chi connectivity index (χ1v) is 7.88. The van der Waals surface area contributed by atoms with Crippen LogP contribution in [-0.2, 0) is 28.6 Å². The molecule has 2 atom stereocenters. The van der Waals surface area contributed by atoms with E-state index in [2.05, 4.69) is 4.99 Å². The average molecular weight is 351 g/mol. The fourth-order valence-corrected chi connectivity index (χ4v) is 2.28. The minimum absolute atomic E-state index is 0.00389. The molecule has 1 heterocycles. The lowest BCUT2D eigenvalue weighted by Gasteiger charge is -2.25. The summed E-state index contributed by atoms with van der Waals surface area (Å²) in [6.07, 6.45) is -0.167. The number of carbonyl (C=O) groups is 3. The molecule has 0 amide bonds. The van der Waals surface area contributed by atoms with Gasteiger partial charge in [-0.3, -0.25) is 9.59 Å². The van der Waals surface area contributed by atoms with E-state index in [9.17, 15) is 19.6 Å². The molecule has 2 N–H and O–H groups in total. The summed E-state index contributed by atoms with van der Waals surface area (Å²) in [5, 5.41) is 9.32. The third-order valence-corrected chi connectivity index (χ3v) is 3.36. The Hall–Kier alpha value is -2.89. The Morgan fingerprint density at radius 1 is 1.20 bits per heavy atom. The van der Waals surface area contributed by atoms with Crippen molar-refractivity contribution >= 4 is 23.6 Å². The number of esters is 3. The van der Waals surface area contributed by atoms with Crippen LogP contribution >= 0.6 is 0 Å². The van der Waals surface area contributed by atoms with Crippen molar-refractivity contribution in [1.29, 1.82) is 5.26 Å². The van der Waals surface area contributed by atoms with E-state index in [0.717, 1.165) is 0 Å².